The van der Waals surface area contributed by atoms with Crippen LogP contribution in [-0.2, 0) is 17.7 Å². The molecule has 1 atom stereocenters. The maximum absolute atomic E-state index is 11.9. The fraction of sp³-hybridized carbons (Fsp3) is 0.526. The molecule has 0 bridgehead atoms. The fourth-order valence-electron chi connectivity index (χ4n) is 3.38. The highest BCUT2D eigenvalue weighted by Crippen LogP contribution is 2.27. The molecular weight excluding hydrogens is 306 g/mol. The number of rotatable bonds is 5. The number of phenols is 1. The number of aryl methyl sites for hydroxylation is 1. The van der Waals surface area contributed by atoms with Crippen molar-refractivity contribution < 1.29 is 14.3 Å². The van der Waals surface area contributed by atoms with Gasteiger partial charge in [-0.1, -0.05) is 6.92 Å². The lowest BCUT2D eigenvalue weighted by Gasteiger charge is -2.27. The van der Waals surface area contributed by atoms with Gasteiger partial charge in [-0.2, -0.15) is 0 Å². The molecule has 1 aromatic carbocycles. The van der Waals surface area contributed by atoms with E-state index in [1.807, 2.05) is 20.0 Å². The van der Waals surface area contributed by atoms with Gasteiger partial charge >= 0.3 is 5.63 Å². The normalized spacial score (nSPS) is 18.4. The van der Waals surface area contributed by atoms with E-state index in [0.717, 1.165) is 48.9 Å². The first-order valence-electron chi connectivity index (χ1n) is 8.65. The van der Waals surface area contributed by atoms with E-state index in [-0.39, 0.29) is 17.5 Å². The fourth-order valence-corrected chi connectivity index (χ4v) is 3.38. The molecule has 24 heavy (non-hydrogen) atoms. The number of aromatic hydroxyl groups is 1. The average Bonchev–Trinajstić information content (AvgIpc) is 2.55. The molecule has 5 nitrogen and oxygen atoms in total. The Labute approximate surface area is 141 Å². The summed E-state index contributed by atoms with van der Waals surface area (Å²) in [6.07, 6.45) is 4.45. The molecule has 1 aromatic heterocycles. The third kappa shape index (κ3) is 3.79. The zero-order valence-electron chi connectivity index (χ0n) is 14.4. The summed E-state index contributed by atoms with van der Waals surface area (Å²) in [4.78, 5) is 14.0. The van der Waals surface area contributed by atoms with E-state index in [0.29, 0.717) is 12.1 Å². The number of phenolic OH excluding ortho intramolecular Hbond substituents is 1. The monoisotopic (exact) mass is 331 g/mol. The van der Waals surface area contributed by atoms with Crippen molar-refractivity contribution in [1.82, 2.24) is 4.90 Å². The number of fused-ring (bicyclic) bond motifs is 1. The summed E-state index contributed by atoms with van der Waals surface area (Å²) >= 11 is 0. The van der Waals surface area contributed by atoms with Crippen molar-refractivity contribution in [2.45, 2.75) is 45.3 Å². The van der Waals surface area contributed by atoms with Gasteiger partial charge in [-0.15, -0.1) is 0 Å². The van der Waals surface area contributed by atoms with Crippen molar-refractivity contribution in [1.29, 1.82) is 0 Å². The van der Waals surface area contributed by atoms with Gasteiger partial charge in [0.1, 0.15) is 11.3 Å². The van der Waals surface area contributed by atoms with Gasteiger partial charge < -0.3 is 14.3 Å². The highest BCUT2D eigenvalue weighted by Gasteiger charge is 2.17. The van der Waals surface area contributed by atoms with Crippen LogP contribution in [0.4, 0.5) is 0 Å². The molecule has 0 saturated carbocycles. The third-order valence-corrected chi connectivity index (χ3v) is 4.64. The van der Waals surface area contributed by atoms with Crippen molar-refractivity contribution >= 4 is 11.0 Å². The summed E-state index contributed by atoms with van der Waals surface area (Å²) in [7, 11) is 2.04. The number of hydrogen-bond donors (Lipinski definition) is 1. The minimum Gasteiger partial charge on any atom is -0.508 e. The predicted molar refractivity (Wildman–Crippen MR) is 93.5 cm³/mol. The van der Waals surface area contributed by atoms with Crippen molar-refractivity contribution in [2.24, 2.45) is 0 Å². The van der Waals surface area contributed by atoms with Crippen LogP contribution < -0.4 is 5.63 Å². The Morgan fingerprint density at radius 2 is 2.08 bits per heavy atom. The van der Waals surface area contributed by atoms with Gasteiger partial charge in [0.15, 0.2) is 0 Å². The van der Waals surface area contributed by atoms with Gasteiger partial charge in [0, 0.05) is 37.2 Å². The average molecular weight is 331 g/mol. The second-order valence-corrected chi connectivity index (χ2v) is 6.61. The first-order chi connectivity index (χ1) is 11.6. The lowest BCUT2D eigenvalue weighted by Crippen LogP contribution is -2.33. The van der Waals surface area contributed by atoms with Crippen LogP contribution in [-0.4, -0.2) is 36.3 Å². The summed E-state index contributed by atoms with van der Waals surface area (Å²) in [6, 6.07) is 5.02. The Kier molecular flexibility index (Phi) is 5.21. The van der Waals surface area contributed by atoms with Crippen LogP contribution in [0.5, 0.6) is 5.75 Å². The van der Waals surface area contributed by atoms with Crippen LogP contribution in [0, 0.1) is 0 Å². The van der Waals surface area contributed by atoms with Crippen molar-refractivity contribution in [2.75, 3.05) is 20.2 Å². The lowest BCUT2D eigenvalue weighted by molar-refractivity contribution is -0.00255. The predicted octanol–water partition coefficient (Wildman–Crippen LogP) is 3.06. The van der Waals surface area contributed by atoms with E-state index in [9.17, 15) is 9.90 Å². The second kappa shape index (κ2) is 7.36. The molecule has 1 N–H and O–H groups in total. The first-order valence-corrected chi connectivity index (χ1v) is 8.65. The molecule has 1 fully saturated rings. The summed E-state index contributed by atoms with van der Waals surface area (Å²) in [5.74, 6) is 0.175. The van der Waals surface area contributed by atoms with Gasteiger partial charge in [0.05, 0.1) is 6.10 Å². The molecule has 1 unspecified atom stereocenters. The quantitative estimate of drug-likeness (QED) is 0.853. The van der Waals surface area contributed by atoms with E-state index in [1.54, 1.807) is 12.1 Å². The number of nitrogens with zero attached hydrogens (tertiary/aromatic N) is 1. The number of benzene rings is 1. The number of hydrogen-bond acceptors (Lipinski definition) is 5. The number of ether oxygens (including phenoxy) is 1. The molecule has 0 amide bonds. The smallest absolute Gasteiger partial charge is 0.336 e. The largest absolute Gasteiger partial charge is 0.508 e. The first kappa shape index (κ1) is 17.0. The van der Waals surface area contributed by atoms with Crippen LogP contribution in [0.15, 0.2) is 27.4 Å². The van der Waals surface area contributed by atoms with Crippen LogP contribution in [0.2, 0.25) is 0 Å². The minimum absolute atomic E-state index is 0.175. The summed E-state index contributed by atoms with van der Waals surface area (Å²) in [6.45, 7) is 4.33. The third-order valence-electron chi connectivity index (χ3n) is 4.64. The summed E-state index contributed by atoms with van der Waals surface area (Å²) < 4.78 is 11.1. The van der Waals surface area contributed by atoms with E-state index in [1.165, 1.54) is 6.42 Å². The lowest BCUT2D eigenvalue weighted by atomic mass is 10.0. The molecule has 130 valence electrons. The van der Waals surface area contributed by atoms with Crippen molar-refractivity contribution in [3.05, 3.63) is 39.7 Å². The molecule has 1 aliphatic heterocycles. The second-order valence-electron chi connectivity index (χ2n) is 6.61. The molecule has 0 radical (unpaired) electrons. The van der Waals surface area contributed by atoms with Gasteiger partial charge in [0.2, 0.25) is 0 Å². The van der Waals surface area contributed by atoms with Crippen molar-refractivity contribution in [3.8, 4) is 5.75 Å². The molecule has 5 heteroatoms. The van der Waals surface area contributed by atoms with Gasteiger partial charge in [0.25, 0.3) is 0 Å². The molecule has 1 aliphatic rings. The van der Waals surface area contributed by atoms with E-state index < -0.39 is 0 Å². The molecule has 3 rings (SSSR count). The Bertz CT molecular complexity index is 762. The molecule has 1 saturated heterocycles. The zero-order valence-corrected chi connectivity index (χ0v) is 14.4. The molecule has 0 spiro atoms. The summed E-state index contributed by atoms with van der Waals surface area (Å²) in [5, 5.41) is 10.9. The Balaban J connectivity index is 1.85. The van der Waals surface area contributed by atoms with Gasteiger partial charge in [-0.05, 0) is 49.9 Å². The molecular formula is C19H25NO4. The van der Waals surface area contributed by atoms with Crippen molar-refractivity contribution in [3.63, 3.8) is 0 Å². The topological polar surface area (TPSA) is 62.9 Å². The SMILES string of the molecule is CCc1cc2c(CN(C)CC3CCCCO3)cc(=O)oc2cc1O. The molecule has 2 heterocycles. The van der Waals surface area contributed by atoms with Gasteiger partial charge in [-0.25, -0.2) is 4.79 Å². The Morgan fingerprint density at radius 1 is 1.25 bits per heavy atom. The van der Waals surface area contributed by atoms with Gasteiger partial charge in [-0.3, -0.25) is 4.90 Å². The molecule has 2 aromatic rings. The van der Waals surface area contributed by atoms with E-state index in [2.05, 4.69) is 4.90 Å². The summed E-state index contributed by atoms with van der Waals surface area (Å²) in [5.41, 5.74) is 1.84. The Hall–Kier alpha value is -1.85. The van der Waals surface area contributed by atoms with E-state index in [4.69, 9.17) is 9.15 Å². The molecule has 0 aliphatic carbocycles. The van der Waals surface area contributed by atoms with Crippen LogP contribution in [0.25, 0.3) is 11.0 Å². The van der Waals surface area contributed by atoms with Crippen LogP contribution >= 0.6 is 0 Å². The highest BCUT2D eigenvalue weighted by molar-refractivity contribution is 5.82. The van der Waals surface area contributed by atoms with E-state index >= 15 is 0 Å². The zero-order chi connectivity index (χ0) is 17.1. The van der Waals surface area contributed by atoms with Crippen LogP contribution in [0.3, 0.4) is 0 Å². The van der Waals surface area contributed by atoms with Crippen LogP contribution in [0.1, 0.15) is 37.3 Å². The highest BCUT2D eigenvalue weighted by atomic mass is 16.5. The standard InChI is InChI=1S/C19H25NO4/c1-3-13-8-16-14(9-19(22)24-18(16)10-17(13)21)11-20(2)12-15-6-4-5-7-23-15/h8-10,15,21H,3-7,11-12H2,1-2H3. The maximum Gasteiger partial charge on any atom is 0.336 e. The Morgan fingerprint density at radius 3 is 2.79 bits per heavy atom. The number of likely N-dealkylation sites (N-methyl/N-ethyl adjacent to an activating group) is 1. The minimum atomic E-state index is -0.386. The maximum atomic E-state index is 11.9.